The second-order valence-corrected chi connectivity index (χ2v) is 12.0. The van der Waals surface area contributed by atoms with Gasteiger partial charge in [-0.3, -0.25) is 0 Å². The first-order valence-corrected chi connectivity index (χ1v) is 15.9. The number of aromatic nitrogens is 2. The van der Waals surface area contributed by atoms with Gasteiger partial charge in [0.1, 0.15) is 0 Å². The quantitative estimate of drug-likeness (QED) is 0.199. The summed E-state index contributed by atoms with van der Waals surface area (Å²) in [5.41, 5.74) is 10.5. The van der Waals surface area contributed by atoms with Crippen molar-refractivity contribution in [2.45, 2.75) is 0 Å². The monoisotopic (exact) mass is 610 g/mol. The normalized spacial score (nSPS) is 11.3. The van der Waals surface area contributed by atoms with E-state index in [9.17, 15) is 10.5 Å². The summed E-state index contributed by atoms with van der Waals surface area (Å²) in [5.74, 6) is 0. The Morgan fingerprint density at radius 3 is 1.38 bits per heavy atom. The molecule has 0 N–H and O–H groups in total. The first kappa shape index (κ1) is 27.4. The standard InChI is InChI=1S/C44H26N4/c45-27-31-24-30(34-14-1-6-19-39(34)48-42-22-9-4-17-37(42)38-18-5-10-23-43(38)48)25-32(28-46)44(31)29-12-11-13-33(26-29)47-40-20-7-2-15-35(40)36-16-3-8-21-41(36)47/h1-26H. The molecule has 0 spiro atoms. The second-order valence-electron chi connectivity index (χ2n) is 12.0. The highest BCUT2D eigenvalue weighted by molar-refractivity contribution is 6.10. The lowest BCUT2D eigenvalue weighted by Gasteiger charge is -2.16. The molecule has 0 aliphatic heterocycles. The Hall–Kier alpha value is -6.88. The summed E-state index contributed by atoms with van der Waals surface area (Å²) in [6.45, 7) is 0. The van der Waals surface area contributed by atoms with Gasteiger partial charge in [-0.2, -0.15) is 10.5 Å². The number of benzene rings is 7. The van der Waals surface area contributed by atoms with E-state index >= 15 is 0 Å². The van der Waals surface area contributed by atoms with Crippen LogP contribution in [0, 0.1) is 22.7 Å². The molecule has 7 aromatic carbocycles. The highest BCUT2D eigenvalue weighted by atomic mass is 15.0. The maximum atomic E-state index is 10.6. The van der Waals surface area contributed by atoms with Crippen molar-refractivity contribution in [3.8, 4) is 45.8 Å². The van der Waals surface area contributed by atoms with E-state index in [0.717, 1.165) is 50.1 Å². The maximum Gasteiger partial charge on any atom is 0.0998 e. The van der Waals surface area contributed by atoms with Crippen molar-refractivity contribution < 1.29 is 0 Å². The molecule has 0 atom stereocenters. The van der Waals surface area contributed by atoms with Gasteiger partial charge in [0.15, 0.2) is 0 Å². The predicted octanol–water partition coefficient (Wildman–Crippen LogP) is 11.0. The fourth-order valence-electron chi connectivity index (χ4n) is 7.38. The first-order chi connectivity index (χ1) is 23.7. The number of hydrogen-bond acceptors (Lipinski definition) is 2. The van der Waals surface area contributed by atoms with Crippen molar-refractivity contribution in [3.05, 3.63) is 169 Å². The second kappa shape index (κ2) is 10.9. The third-order valence-electron chi connectivity index (χ3n) is 9.39. The summed E-state index contributed by atoms with van der Waals surface area (Å²) in [7, 11) is 0. The molecule has 2 heterocycles. The zero-order chi connectivity index (χ0) is 32.2. The summed E-state index contributed by atoms with van der Waals surface area (Å²) in [4.78, 5) is 0. The van der Waals surface area contributed by atoms with Gasteiger partial charge in [0, 0.05) is 38.4 Å². The van der Waals surface area contributed by atoms with Gasteiger partial charge in [-0.15, -0.1) is 0 Å². The minimum absolute atomic E-state index is 0.459. The molecule has 0 amide bonds. The average Bonchev–Trinajstić information content (AvgIpc) is 3.67. The molecular weight excluding hydrogens is 585 g/mol. The average molecular weight is 611 g/mol. The largest absolute Gasteiger partial charge is 0.309 e. The van der Waals surface area contributed by atoms with E-state index in [-0.39, 0.29) is 0 Å². The topological polar surface area (TPSA) is 57.4 Å². The van der Waals surface area contributed by atoms with E-state index in [1.165, 1.54) is 21.5 Å². The van der Waals surface area contributed by atoms with E-state index in [4.69, 9.17) is 0 Å². The Kier molecular flexibility index (Phi) is 6.22. The van der Waals surface area contributed by atoms with Crippen LogP contribution in [0.1, 0.15) is 11.1 Å². The highest BCUT2D eigenvalue weighted by Crippen LogP contribution is 2.39. The maximum absolute atomic E-state index is 10.6. The van der Waals surface area contributed by atoms with E-state index < -0.39 is 0 Å². The fraction of sp³-hybridized carbons (Fsp3) is 0. The smallest absolute Gasteiger partial charge is 0.0998 e. The minimum atomic E-state index is 0.459. The predicted molar refractivity (Wildman–Crippen MR) is 195 cm³/mol. The van der Waals surface area contributed by atoms with Crippen molar-refractivity contribution in [1.29, 1.82) is 10.5 Å². The van der Waals surface area contributed by atoms with Crippen LogP contribution in [0.2, 0.25) is 0 Å². The lowest BCUT2D eigenvalue weighted by atomic mass is 9.90. The lowest BCUT2D eigenvalue weighted by molar-refractivity contribution is 1.18. The van der Waals surface area contributed by atoms with Crippen LogP contribution in [0.4, 0.5) is 0 Å². The molecule has 0 saturated carbocycles. The van der Waals surface area contributed by atoms with Crippen molar-refractivity contribution in [2.75, 3.05) is 0 Å². The SMILES string of the molecule is N#Cc1cc(-c2ccccc2-n2c3ccccc3c3ccccc32)cc(C#N)c1-c1cccc(-n2c3ccccc3c3ccccc32)c1. The molecule has 0 unspecified atom stereocenters. The number of fused-ring (bicyclic) bond motifs is 6. The van der Waals surface area contributed by atoms with Crippen LogP contribution in [0.15, 0.2) is 158 Å². The van der Waals surface area contributed by atoms with Crippen LogP contribution in [-0.2, 0) is 0 Å². The zero-order valence-electron chi connectivity index (χ0n) is 25.8. The van der Waals surface area contributed by atoms with Gasteiger partial charge < -0.3 is 9.13 Å². The van der Waals surface area contributed by atoms with Gasteiger partial charge in [0.05, 0.1) is 51.0 Å². The number of rotatable bonds is 4. The van der Waals surface area contributed by atoms with Crippen molar-refractivity contribution in [3.63, 3.8) is 0 Å². The lowest BCUT2D eigenvalue weighted by Crippen LogP contribution is -1.99. The van der Waals surface area contributed by atoms with Crippen LogP contribution < -0.4 is 0 Å². The van der Waals surface area contributed by atoms with Crippen LogP contribution in [0.25, 0.3) is 77.2 Å². The Morgan fingerprint density at radius 2 is 0.854 bits per heavy atom. The summed E-state index contributed by atoms with van der Waals surface area (Å²) in [6.07, 6.45) is 0. The Labute approximate surface area is 277 Å². The van der Waals surface area contributed by atoms with Gasteiger partial charge in [0.25, 0.3) is 0 Å². The molecule has 2 aromatic heterocycles. The van der Waals surface area contributed by atoms with Crippen molar-refractivity contribution in [2.24, 2.45) is 0 Å². The van der Waals surface area contributed by atoms with Gasteiger partial charge >= 0.3 is 0 Å². The first-order valence-electron chi connectivity index (χ1n) is 15.9. The molecular formula is C44H26N4. The molecule has 9 aromatic rings. The minimum Gasteiger partial charge on any atom is -0.309 e. The van der Waals surface area contributed by atoms with Gasteiger partial charge in [-0.05, 0) is 65.7 Å². The Morgan fingerprint density at radius 1 is 0.396 bits per heavy atom. The molecule has 0 radical (unpaired) electrons. The third-order valence-corrected chi connectivity index (χ3v) is 9.39. The summed E-state index contributed by atoms with van der Waals surface area (Å²) in [6, 6.07) is 58.7. The fourth-order valence-corrected chi connectivity index (χ4v) is 7.38. The van der Waals surface area contributed by atoms with Crippen molar-refractivity contribution in [1.82, 2.24) is 9.13 Å². The molecule has 4 heteroatoms. The van der Waals surface area contributed by atoms with E-state index in [1.807, 2.05) is 36.4 Å². The molecule has 48 heavy (non-hydrogen) atoms. The molecule has 0 aliphatic rings. The van der Waals surface area contributed by atoms with Gasteiger partial charge in [-0.25, -0.2) is 0 Å². The van der Waals surface area contributed by atoms with Crippen LogP contribution in [0.3, 0.4) is 0 Å². The molecule has 0 aliphatic carbocycles. The van der Waals surface area contributed by atoms with Gasteiger partial charge in [0.2, 0.25) is 0 Å². The molecule has 0 bridgehead atoms. The third kappa shape index (κ3) is 4.07. The number of para-hydroxylation sites is 5. The molecule has 4 nitrogen and oxygen atoms in total. The highest BCUT2D eigenvalue weighted by Gasteiger charge is 2.20. The molecule has 222 valence electrons. The summed E-state index contributed by atoms with van der Waals surface area (Å²) < 4.78 is 4.53. The number of nitriles is 2. The van der Waals surface area contributed by atoms with Crippen molar-refractivity contribution >= 4 is 43.6 Å². The van der Waals surface area contributed by atoms with Crippen LogP contribution in [-0.4, -0.2) is 9.13 Å². The molecule has 0 saturated heterocycles. The summed E-state index contributed by atoms with van der Waals surface area (Å²) in [5, 5.41) is 25.9. The number of nitrogens with zero attached hydrogens (tertiary/aromatic N) is 4. The zero-order valence-corrected chi connectivity index (χ0v) is 25.8. The molecule has 0 fully saturated rings. The van der Waals surface area contributed by atoms with E-state index in [1.54, 1.807) is 0 Å². The Bertz CT molecular complexity index is 2680. The number of hydrogen-bond donors (Lipinski definition) is 0. The molecule has 9 rings (SSSR count). The van der Waals surface area contributed by atoms with E-state index in [2.05, 4.69) is 143 Å². The van der Waals surface area contributed by atoms with Crippen LogP contribution >= 0.6 is 0 Å². The van der Waals surface area contributed by atoms with Gasteiger partial charge in [-0.1, -0.05) is 103 Å². The van der Waals surface area contributed by atoms with E-state index in [0.29, 0.717) is 16.7 Å². The summed E-state index contributed by atoms with van der Waals surface area (Å²) >= 11 is 0. The Balaban J connectivity index is 1.24. The van der Waals surface area contributed by atoms with Crippen LogP contribution in [0.5, 0.6) is 0 Å².